The van der Waals surface area contributed by atoms with Gasteiger partial charge < -0.3 is 9.88 Å². The molecule has 140 valence electrons. The van der Waals surface area contributed by atoms with E-state index in [1.165, 1.54) is 6.07 Å². The number of benzene rings is 2. The number of amides is 1. The van der Waals surface area contributed by atoms with Crippen molar-refractivity contribution in [3.63, 3.8) is 0 Å². The van der Waals surface area contributed by atoms with Gasteiger partial charge in [-0.2, -0.15) is 11.8 Å². The number of aromatic amines is 1. The molecule has 6 heteroatoms. The Hall–Kier alpha value is -1.92. The minimum absolute atomic E-state index is 0.116. The topological polar surface area (TPSA) is 36.1 Å². The highest BCUT2D eigenvalue weighted by molar-refractivity contribution is 8.00. The third-order valence-corrected chi connectivity index (χ3v) is 7.20. The van der Waals surface area contributed by atoms with E-state index >= 15 is 0 Å². The van der Waals surface area contributed by atoms with Crippen molar-refractivity contribution in [1.82, 2.24) is 9.88 Å². The van der Waals surface area contributed by atoms with Crippen molar-refractivity contribution in [1.29, 1.82) is 0 Å². The monoisotopic (exact) mass is 400 g/mol. The molecular weight excluding hydrogens is 379 g/mol. The van der Waals surface area contributed by atoms with Gasteiger partial charge in [-0.05, 0) is 18.6 Å². The average Bonchev–Trinajstić information content (AvgIpc) is 2.94. The molecule has 0 radical (unpaired) electrons. The molecule has 1 fully saturated rings. The van der Waals surface area contributed by atoms with Crippen LogP contribution in [0.1, 0.15) is 17.2 Å². The van der Waals surface area contributed by atoms with Crippen LogP contribution in [0.5, 0.6) is 0 Å². The van der Waals surface area contributed by atoms with Crippen molar-refractivity contribution < 1.29 is 9.18 Å². The van der Waals surface area contributed by atoms with Gasteiger partial charge >= 0.3 is 0 Å². The number of aromatic nitrogens is 1. The smallest absolute Gasteiger partial charge is 0.232 e. The first-order valence-corrected chi connectivity index (χ1v) is 11.1. The molecule has 1 atom stereocenters. The zero-order valence-corrected chi connectivity index (χ0v) is 16.5. The molecule has 0 saturated carbocycles. The van der Waals surface area contributed by atoms with E-state index in [9.17, 15) is 9.18 Å². The molecule has 0 spiro atoms. The minimum atomic E-state index is -0.148. The molecular formula is C21H21FN2OS2. The standard InChI is InChI=1S/C21H21FN2OS2/c22-17-7-3-1-5-15(17)19-9-10-24(11-12-26-19)21(25)14-27-20-13-23-18-8-4-2-6-16(18)20/h1-8,13,19,23H,9-12,14H2. The Balaban J connectivity index is 1.36. The summed E-state index contributed by atoms with van der Waals surface area (Å²) in [6.45, 7) is 1.40. The van der Waals surface area contributed by atoms with E-state index in [1.807, 2.05) is 41.4 Å². The van der Waals surface area contributed by atoms with E-state index < -0.39 is 0 Å². The van der Waals surface area contributed by atoms with Crippen molar-refractivity contribution in [3.05, 3.63) is 66.1 Å². The van der Waals surface area contributed by atoms with Crippen molar-refractivity contribution in [2.75, 3.05) is 24.6 Å². The molecule has 1 saturated heterocycles. The minimum Gasteiger partial charge on any atom is -0.360 e. The summed E-state index contributed by atoms with van der Waals surface area (Å²) < 4.78 is 14.1. The Labute approximate surface area is 166 Å². The van der Waals surface area contributed by atoms with Crippen LogP contribution in [-0.2, 0) is 4.79 Å². The quantitative estimate of drug-likeness (QED) is 0.619. The fraction of sp³-hybridized carbons (Fsp3) is 0.286. The second-order valence-corrected chi connectivity index (χ2v) is 8.87. The van der Waals surface area contributed by atoms with Gasteiger partial charge in [-0.1, -0.05) is 36.4 Å². The first-order chi connectivity index (χ1) is 13.2. The first-order valence-electron chi connectivity index (χ1n) is 9.05. The van der Waals surface area contributed by atoms with Crippen LogP contribution in [0.2, 0.25) is 0 Å². The zero-order valence-electron chi connectivity index (χ0n) is 14.9. The van der Waals surface area contributed by atoms with Crippen molar-refractivity contribution in [3.8, 4) is 0 Å². The Morgan fingerprint density at radius 2 is 2.00 bits per heavy atom. The fourth-order valence-electron chi connectivity index (χ4n) is 3.40. The molecule has 2 heterocycles. The molecule has 4 rings (SSSR count). The maximum Gasteiger partial charge on any atom is 0.232 e. The predicted molar refractivity (Wildman–Crippen MR) is 112 cm³/mol. The number of rotatable bonds is 4. The SMILES string of the molecule is O=C(CSc1c[nH]c2ccccc12)N1CCSC(c2ccccc2F)CC1. The van der Waals surface area contributed by atoms with Crippen LogP contribution in [0, 0.1) is 5.82 Å². The van der Waals surface area contributed by atoms with Gasteiger partial charge in [0.2, 0.25) is 5.91 Å². The van der Waals surface area contributed by atoms with Crippen LogP contribution in [0.25, 0.3) is 10.9 Å². The lowest BCUT2D eigenvalue weighted by Crippen LogP contribution is -2.34. The van der Waals surface area contributed by atoms with Crippen LogP contribution in [0.3, 0.4) is 0 Å². The van der Waals surface area contributed by atoms with Gasteiger partial charge in [-0.15, -0.1) is 11.8 Å². The zero-order chi connectivity index (χ0) is 18.6. The van der Waals surface area contributed by atoms with Gasteiger partial charge in [-0.25, -0.2) is 4.39 Å². The summed E-state index contributed by atoms with van der Waals surface area (Å²) >= 11 is 3.32. The van der Waals surface area contributed by atoms with E-state index in [2.05, 4.69) is 11.1 Å². The molecule has 3 aromatic rings. The predicted octanol–water partition coefficient (Wildman–Crippen LogP) is 5.11. The Kier molecular flexibility index (Phi) is 5.74. The molecule has 2 aromatic carbocycles. The molecule has 1 aliphatic heterocycles. The van der Waals surface area contributed by atoms with Crippen LogP contribution in [0.15, 0.2) is 59.6 Å². The van der Waals surface area contributed by atoms with Crippen LogP contribution in [0.4, 0.5) is 4.39 Å². The molecule has 0 bridgehead atoms. The Bertz CT molecular complexity index is 943. The third-order valence-electron chi connectivity index (χ3n) is 4.85. The highest BCUT2D eigenvalue weighted by Crippen LogP contribution is 2.36. The summed E-state index contributed by atoms with van der Waals surface area (Å²) in [7, 11) is 0. The number of thioether (sulfide) groups is 2. The highest BCUT2D eigenvalue weighted by atomic mass is 32.2. The number of nitrogens with zero attached hydrogens (tertiary/aromatic N) is 1. The Morgan fingerprint density at radius 3 is 2.89 bits per heavy atom. The van der Waals surface area contributed by atoms with E-state index in [0.717, 1.165) is 40.1 Å². The number of hydrogen-bond acceptors (Lipinski definition) is 3. The van der Waals surface area contributed by atoms with Crippen molar-refractivity contribution in [2.24, 2.45) is 0 Å². The van der Waals surface area contributed by atoms with Gasteiger partial charge in [0.05, 0.1) is 5.75 Å². The number of fused-ring (bicyclic) bond motifs is 1. The third kappa shape index (κ3) is 4.17. The van der Waals surface area contributed by atoms with Crippen LogP contribution in [-0.4, -0.2) is 40.4 Å². The summed E-state index contributed by atoms with van der Waals surface area (Å²) in [6.07, 6.45) is 2.75. The van der Waals surface area contributed by atoms with Gasteiger partial charge in [0.15, 0.2) is 0 Å². The maximum atomic E-state index is 14.1. The summed E-state index contributed by atoms with van der Waals surface area (Å²) in [5.74, 6) is 1.27. The number of H-pyrrole nitrogens is 1. The number of para-hydroxylation sites is 1. The Morgan fingerprint density at radius 1 is 1.19 bits per heavy atom. The molecule has 1 amide bonds. The largest absolute Gasteiger partial charge is 0.360 e. The lowest BCUT2D eigenvalue weighted by atomic mass is 10.1. The second-order valence-electron chi connectivity index (χ2n) is 6.54. The number of carbonyl (C=O) groups is 1. The summed E-state index contributed by atoms with van der Waals surface area (Å²) in [4.78, 5) is 19.0. The number of carbonyl (C=O) groups excluding carboxylic acids is 1. The lowest BCUT2D eigenvalue weighted by Gasteiger charge is -2.20. The number of nitrogens with one attached hydrogen (secondary N) is 1. The summed E-state index contributed by atoms with van der Waals surface area (Å²) in [5.41, 5.74) is 1.84. The van der Waals surface area contributed by atoms with Crippen LogP contribution >= 0.6 is 23.5 Å². The summed E-state index contributed by atoms with van der Waals surface area (Å²) in [5, 5.41) is 1.27. The molecule has 0 aliphatic carbocycles. The van der Waals surface area contributed by atoms with Gasteiger partial charge in [0.25, 0.3) is 0 Å². The number of hydrogen-bond donors (Lipinski definition) is 1. The second kappa shape index (κ2) is 8.40. The molecule has 27 heavy (non-hydrogen) atoms. The van der Waals surface area contributed by atoms with E-state index in [1.54, 1.807) is 29.6 Å². The fourth-order valence-corrected chi connectivity index (χ4v) is 5.59. The van der Waals surface area contributed by atoms with E-state index in [0.29, 0.717) is 12.3 Å². The average molecular weight is 401 g/mol. The first kappa shape index (κ1) is 18.4. The molecule has 1 aromatic heterocycles. The van der Waals surface area contributed by atoms with Crippen molar-refractivity contribution in [2.45, 2.75) is 16.6 Å². The molecule has 3 nitrogen and oxygen atoms in total. The normalized spacial score (nSPS) is 17.8. The van der Waals surface area contributed by atoms with Gasteiger partial charge in [0.1, 0.15) is 5.82 Å². The number of halogens is 1. The molecule has 1 aliphatic rings. The lowest BCUT2D eigenvalue weighted by molar-refractivity contribution is -0.128. The van der Waals surface area contributed by atoms with Gasteiger partial charge in [-0.3, -0.25) is 4.79 Å². The molecule has 1 unspecified atom stereocenters. The van der Waals surface area contributed by atoms with E-state index in [4.69, 9.17) is 0 Å². The molecule has 1 N–H and O–H groups in total. The van der Waals surface area contributed by atoms with Gasteiger partial charge in [0, 0.05) is 51.7 Å². The summed E-state index contributed by atoms with van der Waals surface area (Å²) in [6, 6.07) is 15.1. The highest BCUT2D eigenvalue weighted by Gasteiger charge is 2.23. The van der Waals surface area contributed by atoms with Crippen molar-refractivity contribution >= 4 is 40.3 Å². The van der Waals surface area contributed by atoms with E-state index in [-0.39, 0.29) is 17.0 Å². The van der Waals surface area contributed by atoms with Crippen LogP contribution < -0.4 is 0 Å². The maximum absolute atomic E-state index is 14.1.